The summed E-state index contributed by atoms with van der Waals surface area (Å²) in [5.41, 5.74) is 1.46. The van der Waals surface area contributed by atoms with Gasteiger partial charge in [0.25, 0.3) is 0 Å². The van der Waals surface area contributed by atoms with Gasteiger partial charge < -0.3 is 14.6 Å². The topological polar surface area (TPSA) is 54.8 Å². The highest BCUT2D eigenvalue weighted by Crippen LogP contribution is 2.18. The van der Waals surface area contributed by atoms with E-state index in [1.807, 2.05) is 19.1 Å². The van der Waals surface area contributed by atoms with Crippen molar-refractivity contribution in [3.8, 4) is 5.75 Å². The maximum Gasteiger partial charge on any atom is 0.143 e. The summed E-state index contributed by atoms with van der Waals surface area (Å²) in [5, 5.41) is 9.31. The van der Waals surface area contributed by atoms with Crippen molar-refractivity contribution in [2.24, 2.45) is 0 Å². The molecule has 0 radical (unpaired) electrons. The molecular weight excluding hydrogens is 256 g/mol. The lowest BCUT2D eigenvalue weighted by atomic mass is 10.2. The van der Waals surface area contributed by atoms with Crippen LogP contribution in [0.3, 0.4) is 0 Å². The summed E-state index contributed by atoms with van der Waals surface area (Å²) < 4.78 is 11.5. The Hall–Kier alpha value is -1.17. The second kappa shape index (κ2) is 7.02. The minimum Gasteiger partial charge on any atom is -0.489 e. The molecule has 5 nitrogen and oxygen atoms in total. The number of aromatic nitrogens is 1. The van der Waals surface area contributed by atoms with E-state index in [4.69, 9.17) is 9.47 Å². The third kappa shape index (κ3) is 3.91. The van der Waals surface area contributed by atoms with Gasteiger partial charge in [-0.2, -0.15) is 0 Å². The molecule has 2 rings (SSSR count). The first-order valence-corrected chi connectivity index (χ1v) is 7.16. The van der Waals surface area contributed by atoms with Crippen LogP contribution in [0.4, 0.5) is 0 Å². The van der Waals surface area contributed by atoms with Gasteiger partial charge in [-0.25, -0.2) is 0 Å². The highest BCUT2D eigenvalue weighted by Gasteiger charge is 2.23. The van der Waals surface area contributed by atoms with Gasteiger partial charge in [0.15, 0.2) is 0 Å². The molecule has 0 aromatic carbocycles. The smallest absolute Gasteiger partial charge is 0.143 e. The SMILES string of the molecule is Cc1ccc(OCC2CN(C(C)C)CCO2)c(CO)n1. The van der Waals surface area contributed by atoms with Gasteiger partial charge in [0.2, 0.25) is 0 Å². The van der Waals surface area contributed by atoms with Gasteiger partial charge in [0.1, 0.15) is 24.2 Å². The molecule has 1 atom stereocenters. The summed E-state index contributed by atoms with van der Waals surface area (Å²) in [6, 6.07) is 4.27. The van der Waals surface area contributed by atoms with E-state index < -0.39 is 0 Å². The van der Waals surface area contributed by atoms with Crippen LogP contribution in [-0.2, 0) is 11.3 Å². The first-order chi connectivity index (χ1) is 9.60. The largest absolute Gasteiger partial charge is 0.489 e. The number of rotatable bonds is 5. The first kappa shape index (κ1) is 15.2. The molecule has 0 bridgehead atoms. The van der Waals surface area contributed by atoms with Crippen molar-refractivity contribution in [2.45, 2.75) is 39.5 Å². The highest BCUT2D eigenvalue weighted by molar-refractivity contribution is 5.28. The molecule has 2 heterocycles. The first-order valence-electron chi connectivity index (χ1n) is 7.16. The number of aliphatic hydroxyl groups is 1. The van der Waals surface area contributed by atoms with E-state index in [0.717, 1.165) is 25.4 Å². The zero-order valence-corrected chi connectivity index (χ0v) is 12.5. The normalized spacial score (nSPS) is 20.4. The molecule has 1 aliphatic heterocycles. The molecule has 0 amide bonds. The van der Waals surface area contributed by atoms with Gasteiger partial charge in [0.05, 0.1) is 13.2 Å². The van der Waals surface area contributed by atoms with E-state index in [-0.39, 0.29) is 12.7 Å². The monoisotopic (exact) mass is 280 g/mol. The van der Waals surface area contributed by atoms with Crippen LogP contribution in [0.15, 0.2) is 12.1 Å². The number of nitrogens with zero attached hydrogens (tertiary/aromatic N) is 2. The summed E-state index contributed by atoms with van der Waals surface area (Å²) >= 11 is 0. The van der Waals surface area contributed by atoms with Gasteiger partial charge in [0, 0.05) is 24.8 Å². The van der Waals surface area contributed by atoms with Gasteiger partial charge in [-0.1, -0.05) is 0 Å². The molecule has 1 aromatic rings. The predicted octanol–water partition coefficient (Wildman–Crippen LogP) is 1.37. The fourth-order valence-electron chi connectivity index (χ4n) is 2.34. The predicted molar refractivity (Wildman–Crippen MR) is 76.8 cm³/mol. The lowest BCUT2D eigenvalue weighted by Crippen LogP contribution is -2.47. The molecule has 20 heavy (non-hydrogen) atoms. The Morgan fingerprint density at radius 3 is 3.00 bits per heavy atom. The molecule has 0 aliphatic carbocycles. The number of morpholine rings is 1. The van der Waals surface area contributed by atoms with Crippen LogP contribution in [0.1, 0.15) is 25.2 Å². The van der Waals surface area contributed by atoms with Gasteiger partial charge in [-0.05, 0) is 32.9 Å². The van der Waals surface area contributed by atoms with Crippen LogP contribution in [-0.4, -0.2) is 53.4 Å². The summed E-state index contributed by atoms with van der Waals surface area (Å²) in [7, 11) is 0. The molecule has 1 aliphatic rings. The average molecular weight is 280 g/mol. The Labute approximate surface area is 120 Å². The Morgan fingerprint density at radius 2 is 2.30 bits per heavy atom. The molecule has 5 heteroatoms. The lowest BCUT2D eigenvalue weighted by Gasteiger charge is -2.35. The Kier molecular flexibility index (Phi) is 5.34. The van der Waals surface area contributed by atoms with Crippen LogP contribution in [0.25, 0.3) is 0 Å². The fraction of sp³-hybridized carbons (Fsp3) is 0.667. The van der Waals surface area contributed by atoms with Crippen molar-refractivity contribution in [3.63, 3.8) is 0 Å². The van der Waals surface area contributed by atoms with E-state index >= 15 is 0 Å². The maximum atomic E-state index is 9.31. The van der Waals surface area contributed by atoms with E-state index in [1.165, 1.54) is 0 Å². The van der Waals surface area contributed by atoms with E-state index in [2.05, 4.69) is 23.7 Å². The van der Waals surface area contributed by atoms with Crippen molar-refractivity contribution >= 4 is 0 Å². The molecule has 1 unspecified atom stereocenters. The van der Waals surface area contributed by atoms with Gasteiger partial charge >= 0.3 is 0 Å². The molecule has 1 N–H and O–H groups in total. The summed E-state index contributed by atoms with van der Waals surface area (Å²) in [6.07, 6.45) is 0.0685. The zero-order chi connectivity index (χ0) is 14.5. The van der Waals surface area contributed by atoms with Crippen LogP contribution in [0.2, 0.25) is 0 Å². The summed E-state index contributed by atoms with van der Waals surface area (Å²) in [5.74, 6) is 0.642. The van der Waals surface area contributed by atoms with Crippen LogP contribution >= 0.6 is 0 Å². The lowest BCUT2D eigenvalue weighted by molar-refractivity contribution is -0.0567. The van der Waals surface area contributed by atoms with E-state index in [9.17, 15) is 5.11 Å². The van der Waals surface area contributed by atoms with Crippen molar-refractivity contribution < 1.29 is 14.6 Å². The number of aryl methyl sites for hydroxylation is 1. The molecule has 1 aromatic heterocycles. The van der Waals surface area contributed by atoms with Crippen LogP contribution in [0, 0.1) is 6.92 Å². The molecule has 1 fully saturated rings. The quantitative estimate of drug-likeness (QED) is 0.883. The molecular formula is C15H24N2O3. The average Bonchev–Trinajstić information content (AvgIpc) is 2.46. The molecule has 0 saturated carbocycles. The maximum absolute atomic E-state index is 9.31. The second-order valence-corrected chi connectivity index (χ2v) is 5.45. The van der Waals surface area contributed by atoms with Crippen molar-refractivity contribution in [2.75, 3.05) is 26.3 Å². The van der Waals surface area contributed by atoms with Gasteiger partial charge in [-0.15, -0.1) is 0 Å². The van der Waals surface area contributed by atoms with E-state index in [1.54, 1.807) is 0 Å². The molecule has 1 saturated heterocycles. The Morgan fingerprint density at radius 1 is 1.50 bits per heavy atom. The Bertz CT molecular complexity index is 437. The third-order valence-corrected chi connectivity index (χ3v) is 3.55. The number of hydrogen-bond donors (Lipinski definition) is 1. The number of pyridine rings is 1. The summed E-state index contributed by atoms with van der Waals surface area (Å²) in [6.45, 7) is 9.25. The third-order valence-electron chi connectivity index (χ3n) is 3.55. The Balaban J connectivity index is 1.91. The zero-order valence-electron chi connectivity index (χ0n) is 12.5. The van der Waals surface area contributed by atoms with Crippen molar-refractivity contribution in [1.29, 1.82) is 0 Å². The number of hydrogen-bond acceptors (Lipinski definition) is 5. The molecule has 0 spiro atoms. The number of ether oxygens (including phenoxy) is 2. The van der Waals surface area contributed by atoms with Crippen LogP contribution in [0.5, 0.6) is 5.75 Å². The minimum atomic E-state index is -0.110. The second-order valence-electron chi connectivity index (χ2n) is 5.45. The van der Waals surface area contributed by atoms with Crippen molar-refractivity contribution in [3.05, 3.63) is 23.5 Å². The summed E-state index contributed by atoms with van der Waals surface area (Å²) in [4.78, 5) is 6.66. The van der Waals surface area contributed by atoms with E-state index in [0.29, 0.717) is 24.1 Å². The number of aliphatic hydroxyl groups excluding tert-OH is 1. The standard InChI is InChI=1S/C15H24N2O3/c1-11(2)17-6-7-19-13(8-17)10-20-15-5-4-12(3)16-14(15)9-18/h4-5,11,13,18H,6-10H2,1-3H3. The minimum absolute atomic E-state index is 0.0685. The highest BCUT2D eigenvalue weighted by atomic mass is 16.5. The van der Waals surface area contributed by atoms with Crippen LogP contribution < -0.4 is 4.74 Å². The van der Waals surface area contributed by atoms with Crippen molar-refractivity contribution in [1.82, 2.24) is 9.88 Å². The van der Waals surface area contributed by atoms with Gasteiger partial charge in [-0.3, -0.25) is 9.88 Å². The molecule has 112 valence electrons. The fourth-order valence-corrected chi connectivity index (χ4v) is 2.34.